The minimum atomic E-state index is -0.541. The second-order valence-corrected chi connectivity index (χ2v) is 5.35. The van der Waals surface area contributed by atoms with Gasteiger partial charge in [0.2, 0.25) is 0 Å². The van der Waals surface area contributed by atoms with Gasteiger partial charge >= 0.3 is 5.97 Å². The van der Waals surface area contributed by atoms with Gasteiger partial charge in [-0.05, 0) is 37.6 Å². The van der Waals surface area contributed by atoms with Gasteiger partial charge in [-0.1, -0.05) is 26.2 Å². The molecule has 23 heavy (non-hydrogen) atoms. The van der Waals surface area contributed by atoms with Crippen LogP contribution in [0.15, 0.2) is 24.3 Å². The second kappa shape index (κ2) is 11.9. The van der Waals surface area contributed by atoms with Crippen molar-refractivity contribution >= 4 is 5.97 Å². The van der Waals surface area contributed by atoms with Crippen LogP contribution in [0.25, 0.3) is 0 Å². The minimum Gasteiger partial charge on any atom is -0.494 e. The van der Waals surface area contributed by atoms with Gasteiger partial charge in [-0.25, -0.2) is 4.79 Å². The first-order chi connectivity index (χ1) is 11.2. The molecule has 0 aliphatic carbocycles. The highest BCUT2D eigenvalue weighted by molar-refractivity contribution is 5.89. The smallest absolute Gasteiger partial charge is 0.373 e. The fraction of sp³-hybridized carbons (Fsp3) is 0.556. The molecule has 1 aromatic rings. The summed E-state index contributed by atoms with van der Waals surface area (Å²) in [4.78, 5) is 21.2. The van der Waals surface area contributed by atoms with E-state index in [9.17, 15) is 4.79 Å². The molecule has 1 atom stereocenters. The Labute approximate surface area is 138 Å². The van der Waals surface area contributed by atoms with Gasteiger partial charge in [0, 0.05) is 13.5 Å². The van der Waals surface area contributed by atoms with E-state index in [2.05, 4.69) is 6.92 Å². The first-order valence-electron chi connectivity index (χ1n) is 8.12. The van der Waals surface area contributed by atoms with Crippen LogP contribution < -0.4 is 4.74 Å². The van der Waals surface area contributed by atoms with Crippen molar-refractivity contribution in [1.29, 1.82) is 0 Å². The van der Waals surface area contributed by atoms with Crippen LogP contribution in [0.4, 0.5) is 0 Å². The van der Waals surface area contributed by atoms with Crippen molar-refractivity contribution in [3.8, 4) is 5.75 Å². The largest absolute Gasteiger partial charge is 0.494 e. The Morgan fingerprint density at radius 3 is 2.57 bits per heavy atom. The average Bonchev–Trinajstić information content (AvgIpc) is 2.58. The zero-order chi connectivity index (χ0) is 16.9. The first-order valence-corrected chi connectivity index (χ1v) is 8.12. The lowest BCUT2D eigenvalue weighted by Crippen LogP contribution is -2.09. The highest BCUT2D eigenvalue weighted by Gasteiger charge is 2.09. The molecule has 5 nitrogen and oxygen atoms in total. The third-order valence-electron chi connectivity index (χ3n) is 3.38. The maximum absolute atomic E-state index is 11.8. The summed E-state index contributed by atoms with van der Waals surface area (Å²) in [5.41, 5.74) is 0.413. The van der Waals surface area contributed by atoms with Crippen LogP contribution in [-0.2, 0) is 14.5 Å². The molecule has 0 aliphatic heterocycles. The van der Waals surface area contributed by atoms with E-state index in [0.29, 0.717) is 18.6 Å². The molecule has 5 heteroatoms. The number of hydrogen-bond donors (Lipinski definition) is 0. The van der Waals surface area contributed by atoms with Crippen LogP contribution in [0.5, 0.6) is 5.75 Å². The van der Waals surface area contributed by atoms with Crippen molar-refractivity contribution in [2.24, 2.45) is 0 Å². The third kappa shape index (κ3) is 8.57. The van der Waals surface area contributed by atoms with Gasteiger partial charge in [0.1, 0.15) is 12.4 Å². The van der Waals surface area contributed by atoms with E-state index in [-0.39, 0.29) is 6.10 Å². The SMILES string of the molecule is CCCCCCOc1ccc(C(=O)OO[CH]CC(C)OC)cc1. The number of carbonyl (C=O) groups excluding carboxylic acids is 1. The lowest BCUT2D eigenvalue weighted by Gasteiger charge is -2.08. The van der Waals surface area contributed by atoms with Crippen LogP contribution in [-0.4, -0.2) is 25.8 Å². The summed E-state index contributed by atoms with van der Waals surface area (Å²) in [6.45, 7) is 6.17. The molecule has 0 saturated carbocycles. The van der Waals surface area contributed by atoms with Crippen LogP contribution >= 0.6 is 0 Å². The molecule has 0 spiro atoms. The number of benzene rings is 1. The van der Waals surface area contributed by atoms with Gasteiger partial charge < -0.3 is 9.47 Å². The Hall–Kier alpha value is -1.59. The predicted octanol–water partition coefficient (Wildman–Crippen LogP) is 4.32. The van der Waals surface area contributed by atoms with Crippen molar-refractivity contribution in [3.63, 3.8) is 0 Å². The standard InChI is InChI=1S/C18H27O5/c1-4-5-6-7-13-21-17-10-8-16(9-11-17)18(19)23-22-14-12-15(2)20-3/h8-11,14-15H,4-7,12-13H2,1-3H3. The zero-order valence-electron chi connectivity index (χ0n) is 14.2. The Morgan fingerprint density at radius 2 is 1.91 bits per heavy atom. The number of hydrogen-bond acceptors (Lipinski definition) is 5. The van der Waals surface area contributed by atoms with Gasteiger partial charge in [0.15, 0.2) is 0 Å². The van der Waals surface area contributed by atoms with Crippen molar-refractivity contribution in [2.45, 2.75) is 52.1 Å². The van der Waals surface area contributed by atoms with Gasteiger partial charge in [0.25, 0.3) is 0 Å². The van der Waals surface area contributed by atoms with Gasteiger partial charge in [0.05, 0.1) is 18.3 Å². The predicted molar refractivity (Wildman–Crippen MR) is 88.0 cm³/mol. The van der Waals surface area contributed by atoms with E-state index in [1.165, 1.54) is 25.9 Å². The summed E-state index contributed by atoms with van der Waals surface area (Å²) in [5.74, 6) is 0.209. The van der Waals surface area contributed by atoms with Crippen LogP contribution in [0.1, 0.15) is 56.3 Å². The molecule has 0 aromatic heterocycles. The van der Waals surface area contributed by atoms with Gasteiger partial charge in [-0.3, -0.25) is 4.89 Å². The van der Waals surface area contributed by atoms with E-state index >= 15 is 0 Å². The topological polar surface area (TPSA) is 54.0 Å². The average molecular weight is 323 g/mol. The summed E-state index contributed by atoms with van der Waals surface area (Å²) in [6.07, 6.45) is 5.21. The van der Waals surface area contributed by atoms with Crippen molar-refractivity contribution in [3.05, 3.63) is 36.4 Å². The number of rotatable bonds is 12. The van der Waals surface area contributed by atoms with Crippen LogP contribution in [0.2, 0.25) is 0 Å². The number of methoxy groups -OCH3 is 1. The summed E-state index contributed by atoms with van der Waals surface area (Å²) in [7, 11) is 1.61. The Kier molecular flexibility index (Phi) is 10.1. The lowest BCUT2D eigenvalue weighted by atomic mass is 10.2. The quantitative estimate of drug-likeness (QED) is 0.326. The molecular weight excluding hydrogens is 296 g/mol. The Bertz CT molecular complexity index is 430. The molecule has 0 bridgehead atoms. The fourth-order valence-electron chi connectivity index (χ4n) is 1.80. The molecule has 0 N–H and O–H groups in total. The monoisotopic (exact) mass is 323 g/mol. The molecule has 1 radical (unpaired) electrons. The molecule has 0 aliphatic rings. The second-order valence-electron chi connectivity index (χ2n) is 5.35. The van der Waals surface area contributed by atoms with Gasteiger partial charge in [-0.2, -0.15) is 4.89 Å². The maximum atomic E-state index is 11.8. The number of carbonyl (C=O) groups is 1. The highest BCUT2D eigenvalue weighted by atomic mass is 17.2. The third-order valence-corrected chi connectivity index (χ3v) is 3.38. The molecule has 0 amide bonds. The molecule has 1 unspecified atom stereocenters. The van der Waals surface area contributed by atoms with E-state index in [1.54, 1.807) is 31.4 Å². The Balaban J connectivity index is 2.25. The zero-order valence-corrected chi connectivity index (χ0v) is 14.2. The molecule has 0 heterocycles. The summed E-state index contributed by atoms with van der Waals surface area (Å²) < 4.78 is 10.7. The van der Waals surface area contributed by atoms with Crippen LogP contribution in [0, 0.1) is 6.61 Å². The molecular formula is C18H27O5. The molecule has 0 fully saturated rings. The normalized spacial score (nSPS) is 12.0. The molecule has 129 valence electrons. The Morgan fingerprint density at radius 1 is 1.17 bits per heavy atom. The summed E-state index contributed by atoms with van der Waals surface area (Å²) in [6, 6.07) is 6.83. The van der Waals surface area contributed by atoms with Crippen LogP contribution in [0.3, 0.4) is 0 Å². The highest BCUT2D eigenvalue weighted by Crippen LogP contribution is 2.14. The van der Waals surface area contributed by atoms with Crippen molar-refractivity contribution in [2.75, 3.05) is 13.7 Å². The molecule has 0 saturated heterocycles. The van der Waals surface area contributed by atoms with Gasteiger partial charge in [-0.15, -0.1) is 0 Å². The van der Waals surface area contributed by atoms with E-state index in [1.807, 2.05) is 6.92 Å². The lowest BCUT2D eigenvalue weighted by molar-refractivity contribution is -0.215. The molecule has 1 rings (SSSR count). The number of unbranched alkanes of at least 4 members (excludes halogenated alkanes) is 3. The number of ether oxygens (including phenoxy) is 2. The van der Waals surface area contributed by atoms with E-state index < -0.39 is 5.97 Å². The fourth-order valence-corrected chi connectivity index (χ4v) is 1.80. The minimum absolute atomic E-state index is 0.0162. The summed E-state index contributed by atoms with van der Waals surface area (Å²) in [5, 5.41) is 0. The maximum Gasteiger partial charge on any atom is 0.373 e. The first kappa shape index (κ1) is 19.5. The van der Waals surface area contributed by atoms with E-state index in [0.717, 1.165) is 12.2 Å². The van der Waals surface area contributed by atoms with E-state index in [4.69, 9.17) is 19.2 Å². The summed E-state index contributed by atoms with van der Waals surface area (Å²) >= 11 is 0. The van der Waals surface area contributed by atoms with Crippen molar-refractivity contribution in [1.82, 2.24) is 0 Å². The van der Waals surface area contributed by atoms with Crippen molar-refractivity contribution < 1.29 is 24.0 Å². The molecule has 1 aromatic carbocycles.